The summed E-state index contributed by atoms with van der Waals surface area (Å²) >= 11 is 17.9. The average Bonchev–Trinajstić information content (AvgIpc) is 2.53. The molecule has 2 aromatic rings. The molecule has 2 aromatic carbocycles. The number of amides is 1. The molecule has 9 heteroatoms. The van der Waals surface area contributed by atoms with Gasteiger partial charge in [0.2, 0.25) is 15.9 Å². The third-order valence-electron chi connectivity index (χ3n) is 3.59. The molecule has 0 atom stereocenters. The molecular formula is C17H17Cl3N2O3S. The normalized spacial score (nSPS) is 11.6. The van der Waals surface area contributed by atoms with Crippen LogP contribution in [-0.4, -0.2) is 31.4 Å². The number of nitrogens with one attached hydrogen (secondary N) is 1. The summed E-state index contributed by atoms with van der Waals surface area (Å²) in [5.41, 5.74) is 1.99. The summed E-state index contributed by atoms with van der Waals surface area (Å²) in [6.45, 7) is 1.50. The van der Waals surface area contributed by atoms with Crippen LogP contribution in [0.2, 0.25) is 15.1 Å². The van der Waals surface area contributed by atoms with Crippen molar-refractivity contribution in [1.82, 2.24) is 4.31 Å². The largest absolute Gasteiger partial charge is 0.325 e. The molecule has 5 nitrogen and oxygen atoms in total. The van der Waals surface area contributed by atoms with E-state index in [2.05, 4.69) is 5.32 Å². The summed E-state index contributed by atoms with van der Waals surface area (Å²) in [6.07, 6.45) is 1.04. The molecule has 0 aliphatic rings. The minimum atomic E-state index is -3.62. The number of rotatable bonds is 6. The van der Waals surface area contributed by atoms with Crippen molar-refractivity contribution in [1.29, 1.82) is 0 Å². The molecule has 0 bridgehead atoms. The van der Waals surface area contributed by atoms with Crippen molar-refractivity contribution in [3.63, 3.8) is 0 Å². The Balaban J connectivity index is 2.13. The Morgan fingerprint density at radius 3 is 2.31 bits per heavy atom. The summed E-state index contributed by atoms with van der Waals surface area (Å²) in [7, 11) is -3.62. The first kappa shape index (κ1) is 21.0. The van der Waals surface area contributed by atoms with Crippen LogP contribution in [0.3, 0.4) is 0 Å². The number of anilines is 1. The van der Waals surface area contributed by atoms with Crippen LogP contribution >= 0.6 is 34.8 Å². The maximum atomic E-state index is 12.3. The number of carbonyl (C=O) groups is 1. The van der Waals surface area contributed by atoms with Crippen molar-refractivity contribution in [2.24, 2.45) is 0 Å². The number of carbonyl (C=O) groups excluding carboxylic acids is 1. The van der Waals surface area contributed by atoms with Crippen molar-refractivity contribution in [2.75, 3.05) is 18.1 Å². The zero-order valence-corrected chi connectivity index (χ0v) is 17.2. The molecule has 0 saturated carbocycles. The first-order chi connectivity index (χ1) is 12.1. The highest BCUT2D eigenvalue weighted by Crippen LogP contribution is 2.24. The van der Waals surface area contributed by atoms with E-state index >= 15 is 0 Å². The molecule has 140 valence electrons. The molecule has 26 heavy (non-hydrogen) atoms. The molecule has 1 amide bonds. The van der Waals surface area contributed by atoms with Crippen LogP contribution in [-0.2, 0) is 21.4 Å². The summed E-state index contributed by atoms with van der Waals surface area (Å²) in [5, 5.41) is 3.84. The van der Waals surface area contributed by atoms with E-state index in [1.54, 1.807) is 36.4 Å². The first-order valence-electron chi connectivity index (χ1n) is 7.51. The molecule has 1 N–H and O–H groups in total. The van der Waals surface area contributed by atoms with E-state index in [9.17, 15) is 13.2 Å². The fourth-order valence-electron chi connectivity index (χ4n) is 2.16. The number of aryl methyl sites for hydroxylation is 1. The lowest BCUT2D eigenvalue weighted by Crippen LogP contribution is -2.36. The Kier molecular flexibility index (Phi) is 6.93. The number of hydrogen-bond acceptors (Lipinski definition) is 3. The highest BCUT2D eigenvalue weighted by atomic mass is 35.5. The third-order valence-corrected chi connectivity index (χ3v) is 5.93. The summed E-state index contributed by atoms with van der Waals surface area (Å²) < 4.78 is 25.1. The molecule has 0 unspecified atom stereocenters. The van der Waals surface area contributed by atoms with Crippen LogP contribution in [0.25, 0.3) is 0 Å². The fourth-order valence-corrected chi connectivity index (χ4v) is 3.40. The number of halogens is 3. The van der Waals surface area contributed by atoms with Gasteiger partial charge in [0, 0.05) is 17.3 Å². The lowest BCUT2D eigenvalue weighted by atomic mass is 10.2. The van der Waals surface area contributed by atoms with E-state index in [0.29, 0.717) is 26.3 Å². The predicted octanol–water partition coefficient (Wildman–Crippen LogP) is 4.36. The minimum Gasteiger partial charge on any atom is -0.325 e. The van der Waals surface area contributed by atoms with Crippen molar-refractivity contribution in [2.45, 2.75) is 13.5 Å². The Morgan fingerprint density at radius 2 is 1.73 bits per heavy atom. The van der Waals surface area contributed by atoms with Crippen molar-refractivity contribution >= 4 is 56.4 Å². The lowest BCUT2D eigenvalue weighted by Gasteiger charge is -2.20. The molecule has 2 rings (SSSR count). The monoisotopic (exact) mass is 434 g/mol. The SMILES string of the molecule is Cc1ccc(NC(=O)CN(Cc2ccc(Cl)c(Cl)c2)S(C)(=O)=O)cc1Cl. The second kappa shape index (κ2) is 8.59. The number of hydrogen-bond donors (Lipinski definition) is 1. The van der Waals surface area contributed by atoms with Crippen molar-refractivity contribution in [3.8, 4) is 0 Å². The molecule has 0 saturated heterocycles. The van der Waals surface area contributed by atoms with Gasteiger partial charge in [-0.1, -0.05) is 46.9 Å². The Labute approximate surface area is 167 Å². The highest BCUT2D eigenvalue weighted by molar-refractivity contribution is 7.88. The molecule has 0 spiro atoms. The topological polar surface area (TPSA) is 66.5 Å². The van der Waals surface area contributed by atoms with E-state index in [4.69, 9.17) is 34.8 Å². The van der Waals surface area contributed by atoms with Gasteiger partial charge in [0.05, 0.1) is 22.8 Å². The van der Waals surface area contributed by atoms with Crippen LogP contribution in [0.15, 0.2) is 36.4 Å². The quantitative estimate of drug-likeness (QED) is 0.733. The number of benzene rings is 2. The van der Waals surface area contributed by atoms with Gasteiger partial charge in [-0.3, -0.25) is 4.79 Å². The third kappa shape index (κ3) is 5.86. The van der Waals surface area contributed by atoms with E-state index < -0.39 is 15.9 Å². The van der Waals surface area contributed by atoms with Gasteiger partial charge in [-0.15, -0.1) is 0 Å². The zero-order chi connectivity index (χ0) is 19.5. The van der Waals surface area contributed by atoms with Crippen LogP contribution in [0.1, 0.15) is 11.1 Å². The second-order valence-corrected chi connectivity index (χ2v) is 9.00. The molecule has 0 aliphatic heterocycles. The standard InChI is InChI=1S/C17H17Cl3N2O3S/c1-11-3-5-13(8-15(11)19)21-17(23)10-22(26(2,24)25)9-12-4-6-14(18)16(20)7-12/h3-8H,9-10H2,1-2H3,(H,21,23). The maximum Gasteiger partial charge on any atom is 0.239 e. The molecule has 0 aliphatic carbocycles. The van der Waals surface area contributed by atoms with Gasteiger partial charge in [0.25, 0.3) is 0 Å². The van der Waals surface area contributed by atoms with E-state index in [1.165, 1.54) is 0 Å². The van der Waals surface area contributed by atoms with Gasteiger partial charge < -0.3 is 5.32 Å². The van der Waals surface area contributed by atoms with E-state index in [-0.39, 0.29) is 13.1 Å². The molecular weight excluding hydrogens is 419 g/mol. The predicted molar refractivity (Wildman–Crippen MR) is 107 cm³/mol. The van der Waals surface area contributed by atoms with Gasteiger partial charge in [0.15, 0.2) is 0 Å². The molecule has 0 aromatic heterocycles. The summed E-state index contributed by atoms with van der Waals surface area (Å²) in [4.78, 5) is 12.3. The Hall–Kier alpha value is -1.31. The smallest absolute Gasteiger partial charge is 0.239 e. The highest BCUT2D eigenvalue weighted by Gasteiger charge is 2.21. The number of sulfonamides is 1. The van der Waals surface area contributed by atoms with Crippen molar-refractivity contribution in [3.05, 3.63) is 62.6 Å². The van der Waals surface area contributed by atoms with Crippen LogP contribution in [0.5, 0.6) is 0 Å². The van der Waals surface area contributed by atoms with Crippen LogP contribution < -0.4 is 5.32 Å². The average molecular weight is 436 g/mol. The van der Waals surface area contributed by atoms with Gasteiger partial charge in [-0.05, 0) is 42.3 Å². The zero-order valence-electron chi connectivity index (χ0n) is 14.1. The van der Waals surface area contributed by atoms with Crippen molar-refractivity contribution < 1.29 is 13.2 Å². The van der Waals surface area contributed by atoms with E-state index in [0.717, 1.165) is 16.1 Å². The van der Waals surface area contributed by atoms with Crippen LogP contribution in [0.4, 0.5) is 5.69 Å². The van der Waals surface area contributed by atoms with Gasteiger partial charge in [-0.2, -0.15) is 4.31 Å². The molecule has 0 heterocycles. The van der Waals surface area contributed by atoms with Crippen LogP contribution in [0, 0.1) is 6.92 Å². The fraction of sp³-hybridized carbons (Fsp3) is 0.235. The van der Waals surface area contributed by atoms with Gasteiger partial charge >= 0.3 is 0 Å². The minimum absolute atomic E-state index is 0.00219. The summed E-state index contributed by atoms with van der Waals surface area (Å²) in [5.74, 6) is -0.476. The second-order valence-electron chi connectivity index (χ2n) is 5.79. The molecule has 0 fully saturated rings. The van der Waals surface area contributed by atoms with Gasteiger partial charge in [0.1, 0.15) is 0 Å². The Bertz CT molecular complexity index is 933. The summed E-state index contributed by atoms with van der Waals surface area (Å²) in [6, 6.07) is 9.88. The maximum absolute atomic E-state index is 12.3. The Morgan fingerprint density at radius 1 is 1.04 bits per heavy atom. The number of nitrogens with zero attached hydrogens (tertiary/aromatic N) is 1. The lowest BCUT2D eigenvalue weighted by molar-refractivity contribution is -0.116. The van der Waals surface area contributed by atoms with E-state index in [1.807, 2.05) is 6.92 Å². The van der Waals surface area contributed by atoms with Gasteiger partial charge in [-0.25, -0.2) is 8.42 Å². The molecule has 0 radical (unpaired) electrons. The first-order valence-corrected chi connectivity index (χ1v) is 10.5.